The van der Waals surface area contributed by atoms with E-state index >= 15 is 0 Å². The first-order valence-electron chi connectivity index (χ1n) is 12.8. The van der Waals surface area contributed by atoms with E-state index in [1.165, 1.54) is 30.1 Å². The molecule has 12 heteroatoms. The minimum Gasteiger partial charge on any atom is -0.493 e. The van der Waals surface area contributed by atoms with Crippen LogP contribution < -0.4 is 15.0 Å². The van der Waals surface area contributed by atoms with E-state index in [-0.39, 0.29) is 23.7 Å². The van der Waals surface area contributed by atoms with Gasteiger partial charge in [-0.1, -0.05) is 28.1 Å². The minimum absolute atomic E-state index is 0.00462. The van der Waals surface area contributed by atoms with Gasteiger partial charge in [-0.15, -0.1) is 0 Å². The molecule has 0 radical (unpaired) electrons. The van der Waals surface area contributed by atoms with Gasteiger partial charge in [0.2, 0.25) is 5.82 Å². The Morgan fingerprint density at radius 2 is 1.81 bits per heavy atom. The first-order chi connectivity index (χ1) is 20.8. The predicted octanol–water partition coefficient (Wildman–Crippen LogP) is 7.71. The highest BCUT2D eigenvalue weighted by Crippen LogP contribution is 2.34. The van der Waals surface area contributed by atoms with Gasteiger partial charge in [-0.2, -0.15) is 9.78 Å². The number of hydrogen-bond acceptors (Lipinski definition) is 8. The second kappa shape index (κ2) is 11.8. The molecule has 0 aliphatic carbocycles. The van der Waals surface area contributed by atoms with Gasteiger partial charge < -0.3 is 13.9 Å². The summed E-state index contributed by atoms with van der Waals surface area (Å²) in [6.07, 6.45) is 1.52. The van der Waals surface area contributed by atoms with Crippen LogP contribution in [-0.2, 0) is 6.61 Å². The lowest BCUT2D eigenvalue weighted by Crippen LogP contribution is -2.20. The Hall–Kier alpha value is -4.81. The van der Waals surface area contributed by atoms with Gasteiger partial charge in [-0.05, 0) is 82.2 Å². The van der Waals surface area contributed by atoms with E-state index in [4.69, 9.17) is 18.9 Å². The molecule has 4 aromatic carbocycles. The molecule has 214 valence electrons. The van der Waals surface area contributed by atoms with Gasteiger partial charge >= 0.3 is 0 Å². The van der Waals surface area contributed by atoms with E-state index in [0.29, 0.717) is 43.8 Å². The Morgan fingerprint density at radius 3 is 2.58 bits per heavy atom. The van der Waals surface area contributed by atoms with Crippen LogP contribution in [0.5, 0.6) is 11.5 Å². The number of furan rings is 1. The molecule has 43 heavy (non-hydrogen) atoms. The molecule has 0 amide bonds. The number of nitro groups is 1. The van der Waals surface area contributed by atoms with E-state index < -0.39 is 4.92 Å². The molecule has 0 bridgehead atoms. The Balaban J connectivity index is 1.36. The lowest BCUT2D eigenvalue weighted by molar-refractivity contribution is -0.384. The number of rotatable bonds is 8. The van der Waals surface area contributed by atoms with Crippen LogP contribution >= 0.6 is 31.9 Å². The maximum atomic E-state index is 13.6. The highest BCUT2D eigenvalue weighted by atomic mass is 79.9. The summed E-state index contributed by atoms with van der Waals surface area (Å²) in [5.41, 5.74) is 2.18. The SMILES string of the molecule is COc1cc(C=Nn2c(-c3cc4cc(Br)ccc4o3)nc3ccccc3c2=O)c(Br)cc1OCc1ccc([N+](=O)[O-])cc1. The highest BCUT2D eigenvalue weighted by Gasteiger charge is 2.17. The number of methoxy groups -OCH3 is 1. The zero-order chi connectivity index (χ0) is 30.1. The number of nitrogens with zero attached hydrogens (tertiary/aromatic N) is 4. The van der Waals surface area contributed by atoms with Crippen LogP contribution in [0.1, 0.15) is 11.1 Å². The van der Waals surface area contributed by atoms with Gasteiger partial charge in [0, 0.05) is 32.0 Å². The van der Waals surface area contributed by atoms with Crippen molar-refractivity contribution in [2.75, 3.05) is 7.11 Å². The third-order valence-corrected chi connectivity index (χ3v) is 7.77. The number of ether oxygens (including phenoxy) is 2. The molecule has 2 aromatic heterocycles. The number of benzene rings is 4. The fourth-order valence-corrected chi connectivity index (χ4v) is 5.24. The fourth-order valence-electron chi connectivity index (χ4n) is 4.43. The van der Waals surface area contributed by atoms with Crippen LogP contribution in [-0.4, -0.2) is 27.9 Å². The molecule has 0 unspecified atom stereocenters. The normalized spacial score (nSPS) is 11.4. The van der Waals surface area contributed by atoms with E-state index in [9.17, 15) is 14.9 Å². The van der Waals surface area contributed by atoms with E-state index in [2.05, 4.69) is 37.0 Å². The monoisotopic (exact) mass is 702 g/mol. The van der Waals surface area contributed by atoms with Gasteiger partial charge in [-0.3, -0.25) is 14.9 Å². The molecule has 0 atom stereocenters. The molecule has 0 saturated carbocycles. The summed E-state index contributed by atoms with van der Waals surface area (Å²) >= 11 is 7.04. The van der Waals surface area contributed by atoms with Crippen molar-refractivity contribution in [1.82, 2.24) is 9.66 Å². The summed E-state index contributed by atoms with van der Waals surface area (Å²) in [6, 6.07) is 24.1. The maximum absolute atomic E-state index is 13.6. The van der Waals surface area contributed by atoms with Gasteiger partial charge in [-0.25, -0.2) is 4.98 Å². The zero-order valence-electron chi connectivity index (χ0n) is 22.4. The average Bonchev–Trinajstić information content (AvgIpc) is 3.43. The topological polar surface area (TPSA) is 122 Å². The van der Waals surface area contributed by atoms with E-state index in [1.54, 1.807) is 42.5 Å². The van der Waals surface area contributed by atoms with Crippen LogP contribution in [0.3, 0.4) is 0 Å². The molecular weight excluding hydrogens is 684 g/mol. The largest absolute Gasteiger partial charge is 0.493 e. The summed E-state index contributed by atoms with van der Waals surface area (Å²) in [7, 11) is 1.51. The lowest BCUT2D eigenvalue weighted by atomic mass is 10.2. The van der Waals surface area contributed by atoms with Gasteiger partial charge in [0.1, 0.15) is 12.2 Å². The molecule has 0 fully saturated rings. The van der Waals surface area contributed by atoms with E-state index in [0.717, 1.165) is 15.4 Å². The predicted molar refractivity (Wildman–Crippen MR) is 170 cm³/mol. The van der Waals surface area contributed by atoms with Crippen LogP contribution in [0.15, 0.2) is 108 Å². The Labute approximate surface area is 260 Å². The number of nitro benzene ring substituents is 1. The fraction of sp³-hybridized carbons (Fsp3) is 0.0645. The first-order valence-corrected chi connectivity index (χ1v) is 14.4. The number of hydrogen-bond donors (Lipinski definition) is 0. The first kappa shape index (κ1) is 28.3. The van der Waals surface area contributed by atoms with Crippen molar-refractivity contribution in [3.63, 3.8) is 0 Å². The zero-order valence-corrected chi connectivity index (χ0v) is 25.5. The van der Waals surface area contributed by atoms with Crippen LogP contribution in [0.4, 0.5) is 5.69 Å². The lowest BCUT2D eigenvalue weighted by Gasteiger charge is -2.13. The van der Waals surface area contributed by atoms with Gasteiger partial charge in [0.05, 0.1) is 29.2 Å². The molecule has 0 spiro atoms. The Bertz CT molecular complexity index is 2100. The third-order valence-electron chi connectivity index (χ3n) is 6.59. The quantitative estimate of drug-likeness (QED) is 0.0904. The van der Waals surface area contributed by atoms with Crippen molar-refractivity contribution in [2.45, 2.75) is 6.61 Å². The summed E-state index contributed by atoms with van der Waals surface area (Å²) in [5, 5.41) is 16.7. The molecule has 2 heterocycles. The Kier molecular flexibility index (Phi) is 7.78. The van der Waals surface area contributed by atoms with Crippen molar-refractivity contribution in [2.24, 2.45) is 5.10 Å². The smallest absolute Gasteiger partial charge is 0.282 e. The van der Waals surface area contributed by atoms with Crippen LogP contribution in [0.2, 0.25) is 0 Å². The highest BCUT2D eigenvalue weighted by molar-refractivity contribution is 9.10. The van der Waals surface area contributed by atoms with Crippen molar-refractivity contribution in [3.05, 3.63) is 125 Å². The number of non-ortho nitro benzene ring substituents is 1. The van der Waals surface area contributed by atoms with E-state index in [1.807, 2.05) is 30.3 Å². The molecule has 0 aliphatic heterocycles. The summed E-state index contributed by atoms with van der Waals surface area (Å²) in [4.78, 5) is 28.8. The number of fused-ring (bicyclic) bond motifs is 2. The molecular formula is C31H20Br2N4O6. The maximum Gasteiger partial charge on any atom is 0.282 e. The molecule has 0 saturated heterocycles. The number of halogens is 2. The van der Waals surface area contributed by atoms with Gasteiger partial charge in [0.15, 0.2) is 17.3 Å². The summed E-state index contributed by atoms with van der Waals surface area (Å²) in [6.45, 7) is 0.170. The summed E-state index contributed by atoms with van der Waals surface area (Å²) < 4.78 is 20.3. The second-order valence-corrected chi connectivity index (χ2v) is 11.1. The van der Waals surface area contributed by atoms with Gasteiger partial charge in [0.25, 0.3) is 11.2 Å². The molecule has 0 N–H and O–H groups in total. The second-order valence-electron chi connectivity index (χ2n) is 9.34. The standard InChI is InChI=1S/C31H20Br2N4O6/c1-41-27-14-20(24(33)15-28(27)42-17-18-6-9-22(10-7-18)37(39)40)16-34-36-30(35-25-5-3-2-4-23(25)31(36)38)29-13-19-12-21(32)8-11-26(19)43-29/h2-16H,17H2,1H3. The molecule has 10 nitrogen and oxygen atoms in total. The van der Waals surface area contributed by atoms with Crippen molar-refractivity contribution in [3.8, 4) is 23.1 Å². The van der Waals surface area contributed by atoms with Crippen LogP contribution in [0, 0.1) is 10.1 Å². The number of aromatic nitrogens is 2. The van der Waals surface area contributed by atoms with Crippen molar-refractivity contribution >= 4 is 65.6 Å². The molecule has 6 aromatic rings. The number of para-hydroxylation sites is 1. The molecule has 0 aliphatic rings. The third kappa shape index (κ3) is 5.79. The molecule has 6 rings (SSSR count). The average molecular weight is 704 g/mol. The van der Waals surface area contributed by atoms with Crippen molar-refractivity contribution < 1.29 is 18.8 Å². The minimum atomic E-state index is -0.452. The van der Waals surface area contributed by atoms with Crippen molar-refractivity contribution in [1.29, 1.82) is 0 Å². The summed E-state index contributed by atoms with van der Waals surface area (Å²) in [5.74, 6) is 1.51. The van der Waals surface area contributed by atoms with Crippen LogP contribution in [0.25, 0.3) is 33.5 Å². The Morgan fingerprint density at radius 1 is 1.02 bits per heavy atom.